The van der Waals surface area contributed by atoms with Crippen LogP contribution >= 0.6 is 0 Å². The summed E-state index contributed by atoms with van der Waals surface area (Å²) >= 11 is 0. The predicted octanol–water partition coefficient (Wildman–Crippen LogP) is 3.61. The topological polar surface area (TPSA) is 65.0 Å². The fraction of sp³-hybridized carbons (Fsp3) is 0.158. The number of methoxy groups -OCH3 is 1. The van der Waals surface area contributed by atoms with E-state index in [0.29, 0.717) is 11.4 Å². The van der Waals surface area contributed by atoms with Gasteiger partial charge in [-0.1, -0.05) is 6.07 Å². The van der Waals surface area contributed by atoms with Crippen molar-refractivity contribution in [1.82, 2.24) is 15.0 Å². The molecular weight excluding hydrogens is 302 g/mol. The SMILES string of the molecule is COC(=O)c1cc(-c2cnc(C)nc2)cc(-c2ccc(C)cn2)c1. The molecule has 2 heterocycles. The molecule has 0 saturated carbocycles. The minimum absolute atomic E-state index is 0.391. The summed E-state index contributed by atoms with van der Waals surface area (Å²) in [6.45, 7) is 3.81. The van der Waals surface area contributed by atoms with Crippen molar-refractivity contribution in [3.63, 3.8) is 0 Å². The van der Waals surface area contributed by atoms with Crippen LogP contribution in [0.3, 0.4) is 0 Å². The number of nitrogens with zero attached hydrogens (tertiary/aromatic N) is 3. The van der Waals surface area contributed by atoms with Crippen LogP contribution in [0.25, 0.3) is 22.4 Å². The van der Waals surface area contributed by atoms with E-state index >= 15 is 0 Å². The molecule has 0 fully saturated rings. The van der Waals surface area contributed by atoms with Gasteiger partial charge < -0.3 is 4.74 Å². The Bertz CT molecular complexity index is 808. The average molecular weight is 319 g/mol. The maximum atomic E-state index is 12.0. The highest BCUT2D eigenvalue weighted by Crippen LogP contribution is 2.27. The molecule has 0 radical (unpaired) electrons. The van der Waals surface area contributed by atoms with Gasteiger partial charge in [0.15, 0.2) is 0 Å². The van der Waals surface area contributed by atoms with Gasteiger partial charge in [0.05, 0.1) is 18.4 Å². The van der Waals surface area contributed by atoms with Crippen LogP contribution in [0.15, 0.2) is 48.9 Å². The standard InChI is InChI=1S/C19H17N3O2/c1-12-4-5-18(22-9-12)15-6-14(7-16(8-15)19(23)24-3)17-10-20-13(2)21-11-17/h4-11H,1-3H3. The molecule has 0 saturated heterocycles. The number of pyridine rings is 1. The number of ether oxygens (including phenoxy) is 1. The number of aromatic nitrogens is 3. The Labute approximate surface area is 140 Å². The van der Waals surface area contributed by atoms with Gasteiger partial charge in [-0.05, 0) is 49.2 Å². The maximum absolute atomic E-state index is 12.0. The third kappa shape index (κ3) is 3.30. The molecular formula is C19H17N3O2. The Hall–Kier alpha value is -3.08. The molecule has 0 atom stereocenters. The van der Waals surface area contributed by atoms with Crippen molar-refractivity contribution in [1.29, 1.82) is 0 Å². The minimum Gasteiger partial charge on any atom is -0.465 e. The molecule has 5 nitrogen and oxygen atoms in total. The summed E-state index contributed by atoms with van der Waals surface area (Å²) in [5.41, 5.74) is 4.85. The van der Waals surface area contributed by atoms with Crippen LogP contribution in [-0.4, -0.2) is 28.0 Å². The van der Waals surface area contributed by atoms with Crippen molar-refractivity contribution in [3.8, 4) is 22.4 Å². The van der Waals surface area contributed by atoms with Crippen molar-refractivity contribution < 1.29 is 9.53 Å². The Kier molecular flexibility index (Phi) is 4.33. The molecule has 120 valence electrons. The summed E-state index contributed by atoms with van der Waals surface area (Å²) in [4.78, 5) is 24.9. The summed E-state index contributed by atoms with van der Waals surface area (Å²) < 4.78 is 4.87. The molecule has 0 aliphatic rings. The van der Waals surface area contributed by atoms with E-state index in [4.69, 9.17) is 4.74 Å². The van der Waals surface area contributed by atoms with Gasteiger partial charge in [-0.15, -0.1) is 0 Å². The van der Waals surface area contributed by atoms with Crippen molar-refractivity contribution in [2.45, 2.75) is 13.8 Å². The number of esters is 1. The highest BCUT2D eigenvalue weighted by atomic mass is 16.5. The lowest BCUT2D eigenvalue weighted by Crippen LogP contribution is -2.02. The molecule has 2 aromatic heterocycles. The number of carbonyl (C=O) groups is 1. The fourth-order valence-electron chi connectivity index (χ4n) is 2.36. The Morgan fingerprint density at radius 3 is 2.21 bits per heavy atom. The van der Waals surface area contributed by atoms with Crippen LogP contribution in [0.2, 0.25) is 0 Å². The summed E-state index contributed by atoms with van der Waals surface area (Å²) in [6.07, 6.45) is 5.28. The number of benzene rings is 1. The van der Waals surface area contributed by atoms with Crippen molar-refractivity contribution in [3.05, 3.63) is 65.9 Å². The van der Waals surface area contributed by atoms with Gasteiger partial charge in [-0.2, -0.15) is 0 Å². The number of hydrogen-bond donors (Lipinski definition) is 0. The predicted molar refractivity (Wildman–Crippen MR) is 91.5 cm³/mol. The zero-order valence-electron chi connectivity index (χ0n) is 13.8. The van der Waals surface area contributed by atoms with Crippen LogP contribution < -0.4 is 0 Å². The molecule has 0 amide bonds. The van der Waals surface area contributed by atoms with Crippen LogP contribution in [0.5, 0.6) is 0 Å². The second-order valence-corrected chi connectivity index (χ2v) is 5.53. The van der Waals surface area contributed by atoms with Crippen molar-refractivity contribution >= 4 is 5.97 Å². The third-order valence-electron chi connectivity index (χ3n) is 3.68. The number of hydrogen-bond acceptors (Lipinski definition) is 5. The monoisotopic (exact) mass is 319 g/mol. The molecule has 5 heteroatoms. The Morgan fingerprint density at radius 2 is 1.58 bits per heavy atom. The molecule has 3 rings (SSSR count). The first-order valence-electron chi connectivity index (χ1n) is 7.52. The molecule has 0 N–H and O–H groups in total. The zero-order valence-corrected chi connectivity index (χ0v) is 13.8. The molecule has 0 aliphatic carbocycles. The summed E-state index contributed by atoms with van der Waals surface area (Å²) in [6, 6.07) is 9.45. The quantitative estimate of drug-likeness (QED) is 0.690. The second kappa shape index (κ2) is 6.58. The molecule has 0 spiro atoms. The highest BCUT2D eigenvalue weighted by molar-refractivity contribution is 5.93. The molecule has 24 heavy (non-hydrogen) atoms. The smallest absolute Gasteiger partial charge is 0.337 e. The molecule has 0 aliphatic heterocycles. The third-order valence-corrected chi connectivity index (χ3v) is 3.68. The first-order valence-corrected chi connectivity index (χ1v) is 7.52. The van der Waals surface area contributed by atoms with Gasteiger partial charge in [0.25, 0.3) is 0 Å². The van der Waals surface area contributed by atoms with E-state index in [9.17, 15) is 4.79 Å². The molecule has 0 bridgehead atoms. The second-order valence-electron chi connectivity index (χ2n) is 5.53. The van der Waals surface area contributed by atoms with Crippen molar-refractivity contribution in [2.75, 3.05) is 7.11 Å². The fourth-order valence-corrected chi connectivity index (χ4v) is 2.36. The Balaban J connectivity index is 2.14. The molecule has 3 aromatic rings. The molecule has 0 unspecified atom stereocenters. The molecule has 1 aromatic carbocycles. The lowest BCUT2D eigenvalue weighted by molar-refractivity contribution is 0.0601. The average Bonchev–Trinajstić information content (AvgIpc) is 2.62. The van der Waals surface area contributed by atoms with E-state index in [1.165, 1.54) is 7.11 Å². The van der Waals surface area contributed by atoms with E-state index < -0.39 is 5.97 Å². The normalized spacial score (nSPS) is 10.5. The van der Waals surface area contributed by atoms with Gasteiger partial charge in [0, 0.05) is 29.7 Å². The summed E-state index contributed by atoms with van der Waals surface area (Å²) in [7, 11) is 1.37. The number of aryl methyl sites for hydroxylation is 2. The van der Waals surface area contributed by atoms with Crippen LogP contribution in [-0.2, 0) is 4.74 Å². The summed E-state index contributed by atoms with van der Waals surface area (Å²) in [5.74, 6) is 0.307. The van der Waals surface area contributed by atoms with Gasteiger partial charge in [-0.3, -0.25) is 4.98 Å². The van der Waals surface area contributed by atoms with Gasteiger partial charge in [0.1, 0.15) is 5.82 Å². The van der Waals surface area contributed by atoms with Crippen molar-refractivity contribution in [2.24, 2.45) is 0 Å². The van der Waals surface area contributed by atoms with Crippen LogP contribution in [0.1, 0.15) is 21.7 Å². The lowest BCUT2D eigenvalue weighted by Gasteiger charge is -2.09. The van der Waals surface area contributed by atoms with Gasteiger partial charge >= 0.3 is 5.97 Å². The first kappa shape index (κ1) is 15.8. The van der Waals surface area contributed by atoms with Gasteiger partial charge in [-0.25, -0.2) is 14.8 Å². The Morgan fingerprint density at radius 1 is 0.875 bits per heavy atom. The summed E-state index contributed by atoms with van der Waals surface area (Å²) in [5, 5.41) is 0. The van der Waals surface area contributed by atoms with E-state index in [1.807, 2.05) is 32.0 Å². The van der Waals surface area contributed by atoms with Crippen LogP contribution in [0.4, 0.5) is 0 Å². The zero-order chi connectivity index (χ0) is 17.1. The number of rotatable bonds is 3. The van der Waals surface area contributed by atoms with E-state index in [-0.39, 0.29) is 0 Å². The van der Waals surface area contributed by atoms with Gasteiger partial charge in [0.2, 0.25) is 0 Å². The first-order chi connectivity index (χ1) is 11.6. The van der Waals surface area contributed by atoms with Crippen LogP contribution in [0, 0.1) is 13.8 Å². The highest BCUT2D eigenvalue weighted by Gasteiger charge is 2.12. The van der Waals surface area contributed by atoms with E-state index in [0.717, 1.165) is 27.9 Å². The maximum Gasteiger partial charge on any atom is 0.337 e. The minimum atomic E-state index is -0.391. The van der Waals surface area contributed by atoms with E-state index in [1.54, 1.807) is 30.7 Å². The lowest BCUT2D eigenvalue weighted by atomic mass is 9.99. The van der Waals surface area contributed by atoms with E-state index in [2.05, 4.69) is 15.0 Å². The largest absolute Gasteiger partial charge is 0.465 e. The number of carbonyl (C=O) groups excluding carboxylic acids is 1.